The molecule has 71 heavy (non-hydrogen) atoms. The third kappa shape index (κ3) is 10.4. The van der Waals surface area contributed by atoms with Crippen LogP contribution in [0.15, 0.2) is 53.5 Å². The monoisotopic (exact) mass is 989 g/mol. The molecule has 21 heteroatoms. The first-order valence-electron chi connectivity index (χ1n) is 23.9. The Balaban J connectivity index is 0.879. The first-order valence-corrected chi connectivity index (χ1v) is 26.0. The van der Waals surface area contributed by atoms with Crippen LogP contribution < -0.4 is 31.7 Å². The van der Waals surface area contributed by atoms with Crippen molar-refractivity contribution in [2.75, 3.05) is 43.9 Å². The number of sulfone groups is 1. The molecule has 1 atom stereocenters. The molecule has 20 nitrogen and oxygen atoms in total. The van der Waals surface area contributed by atoms with Gasteiger partial charge in [0.2, 0.25) is 17.7 Å². The molecule has 5 N–H and O–H groups in total. The standard InChI is InChI=1S/C50H55N9O11S/c1-56-25-35-34-21-31(27-71(2,69)70)33(46(64)52-16-5-3-4-6-28-9-10-32-30(20-28)24-59(49(32)67)37-11-12-40(61)54-47(37)65)22-38(34)57(23-29-7-8-29)26-36-43(35)45(50(56)68)55-44(36)48(66)53-18-17-51-39(60)15-19-58-41(62)13-14-42(58)63/h9-10,13-14,20-22,25,29,37,55H,3-8,11-12,15-19,23-24,26-27H2,1-2H3,(H,51,60)(H,52,64)(H,53,66)(H,54,61,65). The second kappa shape index (κ2) is 19.8. The number of H-pyrrole nitrogens is 1. The lowest BCUT2D eigenvalue weighted by Gasteiger charge is -2.29. The minimum Gasteiger partial charge on any atom is -0.366 e. The minimum atomic E-state index is -3.65. The van der Waals surface area contributed by atoms with Crippen LogP contribution >= 0.6 is 0 Å². The molecule has 5 aliphatic rings. The highest BCUT2D eigenvalue weighted by Crippen LogP contribution is 2.45. The van der Waals surface area contributed by atoms with Gasteiger partial charge in [-0.05, 0) is 79.3 Å². The number of aromatic nitrogens is 2. The molecule has 2 aromatic carbocycles. The van der Waals surface area contributed by atoms with Crippen molar-refractivity contribution < 1.29 is 46.8 Å². The van der Waals surface area contributed by atoms with Gasteiger partial charge in [-0.25, -0.2) is 8.42 Å². The Morgan fingerprint density at radius 2 is 1.56 bits per heavy atom. The van der Waals surface area contributed by atoms with E-state index in [1.807, 2.05) is 12.1 Å². The fourth-order valence-electron chi connectivity index (χ4n) is 9.95. The van der Waals surface area contributed by atoms with E-state index in [1.54, 1.807) is 31.4 Å². The number of benzene rings is 2. The largest absolute Gasteiger partial charge is 0.366 e. The lowest BCUT2D eigenvalue weighted by Crippen LogP contribution is -2.52. The number of unbranched alkanes of at least 4 members (excludes halogenated alkanes) is 2. The number of nitrogens with zero attached hydrogens (tertiary/aromatic N) is 4. The molecule has 372 valence electrons. The van der Waals surface area contributed by atoms with Gasteiger partial charge in [-0.1, -0.05) is 18.6 Å². The Labute approximate surface area is 408 Å². The van der Waals surface area contributed by atoms with E-state index in [9.17, 15) is 51.6 Å². The Morgan fingerprint density at radius 3 is 2.30 bits per heavy atom. The van der Waals surface area contributed by atoms with Crippen LogP contribution in [0.3, 0.4) is 0 Å². The number of anilines is 1. The average molecular weight is 990 g/mol. The summed E-state index contributed by atoms with van der Waals surface area (Å²) < 4.78 is 27.3. The van der Waals surface area contributed by atoms with E-state index in [2.05, 4.69) is 31.2 Å². The van der Waals surface area contributed by atoms with Crippen LogP contribution in [0.4, 0.5) is 5.69 Å². The van der Waals surface area contributed by atoms with Gasteiger partial charge in [0.05, 0.1) is 5.75 Å². The molecule has 9 rings (SSSR count). The molecule has 8 amide bonds. The molecule has 1 saturated heterocycles. The van der Waals surface area contributed by atoms with Crippen molar-refractivity contribution in [1.29, 1.82) is 0 Å². The Kier molecular flexibility index (Phi) is 13.5. The summed E-state index contributed by atoms with van der Waals surface area (Å²) in [5, 5.41) is 11.3. The highest BCUT2D eigenvalue weighted by Gasteiger charge is 2.39. The molecule has 0 spiro atoms. The van der Waals surface area contributed by atoms with Crippen LogP contribution in [0, 0.1) is 5.92 Å². The number of pyridine rings is 1. The summed E-state index contributed by atoms with van der Waals surface area (Å²) in [5.74, 6) is -3.44. The smallest absolute Gasteiger partial charge is 0.274 e. The first-order chi connectivity index (χ1) is 33.9. The predicted octanol–water partition coefficient (Wildman–Crippen LogP) is 1.87. The third-order valence-electron chi connectivity index (χ3n) is 13.7. The number of nitrogens with one attached hydrogen (secondary N) is 5. The van der Waals surface area contributed by atoms with Crippen LogP contribution in [-0.4, -0.2) is 120 Å². The summed E-state index contributed by atoms with van der Waals surface area (Å²) in [6, 6.07) is 8.45. The molecule has 0 bridgehead atoms. The number of aryl methyl sites for hydroxylation is 2. The van der Waals surface area contributed by atoms with Gasteiger partial charge in [0, 0.05) is 129 Å². The molecule has 1 saturated carbocycles. The van der Waals surface area contributed by atoms with Crippen molar-refractivity contribution in [2.24, 2.45) is 13.0 Å². The van der Waals surface area contributed by atoms with Crippen LogP contribution in [0.1, 0.15) is 105 Å². The minimum absolute atomic E-state index is 0.0269. The maximum Gasteiger partial charge on any atom is 0.274 e. The zero-order chi connectivity index (χ0) is 50.3. The molecular formula is C50H55N9O11S. The van der Waals surface area contributed by atoms with Crippen molar-refractivity contribution in [3.05, 3.63) is 98.1 Å². The summed E-state index contributed by atoms with van der Waals surface area (Å²) in [4.78, 5) is 123. The van der Waals surface area contributed by atoms with Gasteiger partial charge >= 0.3 is 0 Å². The molecule has 2 fully saturated rings. The van der Waals surface area contributed by atoms with Gasteiger partial charge in [0.1, 0.15) is 17.3 Å². The van der Waals surface area contributed by atoms with E-state index in [-0.39, 0.29) is 78.7 Å². The predicted molar refractivity (Wildman–Crippen MR) is 259 cm³/mol. The zero-order valence-corrected chi connectivity index (χ0v) is 40.3. The lowest BCUT2D eigenvalue weighted by molar-refractivity contribution is -0.138. The van der Waals surface area contributed by atoms with Crippen molar-refractivity contribution in [2.45, 2.75) is 82.7 Å². The molecule has 1 unspecified atom stereocenters. The van der Waals surface area contributed by atoms with E-state index in [0.717, 1.165) is 66.5 Å². The maximum atomic E-state index is 14.2. The SMILES string of the molecule is Cn1cc2c3c(c(C(=O)NCCNC(=O)CCN4C(=O)C=CC4=O)[nH]c3c1=O)CN(CC1CC1)c1cc(C(=O)NCCCCCc3ccc4c(c3)CN(C3CCC(=O)NC3=O)C4=O)c(CS(C)(=O)=O)cc1-2. The van der Waals surface area contributed by atoms with E-state index in [0.29, 0.717) is 71.7 Å². The number of amides is 8. The fourth-order valence-corrected chi connectivity index (χ4v) is 10.8. The summed E-state index contributed by atoms with van der Waals surface area (Å²) in [6.45, 7) is 1.39. The molecular weight excluding hydrogens is 935 g/mol. The Morgan fingerprint density at radius 1 is 0.817 bits per heavy atom. The fraction of sp³-hybridized carbons (Fsp3) is 0.420. The molecule has 2 aromatic heterocycles. The van der Waals surface area contributed by atoms with E-state index < -0.39 is 57.1 Å². The second-order valence-corrected chi connectivity index (χ2v) is 21.2. The summed E-state index contributed by atoms with van der Waals surface area (Å²) >= 11 is 0. The topological polar surface area (TPSA) is 266 Å². The van der Waals surface area contributed by atoms with Crippen LogP contribution in [-0.2, 0) is 66.1 Å². The Hall–Kier alpha value is -7.42. The summed E-state index contributed by atoms with van der Waals surface area (Å²) in [7, 11) is -2.06. The van der Waals surface area contributed by atoms with E-state index >= 15 is 0 Å². The van der Waals surface area contributed by atoms with Gasteiger partial charge in [-0.3, -0.25) is 53.4 Å². The maximum absolute atomic E-state index is 14.2. The van der Waals surface area contributed by atoms with Crippen LogP contribution in [0.25, 0.3) is 22.0 Å². The number of aromatic amines is 1. The van der Waals surface area contributed by atoms with Gasteiger partial charge in [-0.15, -0.1) is 0 Å². The summed E-state index contributed by atoms with van der Waals surface area (Å²) in [6.07, 6.45) is 10.3. The first kappa shape index (κ1) is 48.6. The Bertz CT molecular complexity index is 3130. The average Bonchev–Trinajstić information content (AvgIpc) is 3.89. The summed E-state index contributed by atoms with van der Waals surface area (Å²) in [5.41, 5.74) is 5.30. The van der Waals surface area contributed by atoms with Crippen molar-refractivity contribution >= 4 is 73.7 Å². The van der Waals surface area contributed by atoms with Crippen molar-refractivity contribution in [3.8, 4) is 11.1 Å². The van der Waals surface area contributed by atoms with Gasteiger partial charge < -0.3 is 35.3 Å². The molecule has 0 radical (unpaired) electrons. The quantitative estimate of drug-likeness (QED) is 0.0666. The lowest BCUT2D eigenvalue weighted by atomic mass is 9.95. The van der Waals surface area contributed by atoms with Crippen molar-refractivity contribution in [3.63, 3.8) is 0 Å². The van der Waals surface area contributed by atoms with Crippen molar-refractivity contribution in [1.82, 2.24) is 40.6 Å². The number of piperidine rings is 1. The number of rotatable bonds is 19. The highest BCUT2D eigenvalue weighted by atomic mass is 32.2. The van der Waals surface area contributed by atoms with Gasteiger partial charge in [0.25, 0.3) is 35.1 Å². The number of imide groups is 2. The molecule has 6 heterocycles. The van der Waals surface area contributed by atoms with E-state index in [1.165, 1.54) is 9.47 Å². The van der Waals surface area contributed by atoms with Gasteiger partial charge in [0.15, 0.2) is 9.84 Å². The molecule has 4 aromatic rings. The van der Waals surface area contributed by atoms with Crippen LogP contribution in [0.5, 0.6) is 0 Å². The molecule has 4 aliphatic heterocycles. The third-order valence-corrected chi connectivity index (χ3v) is 14.5. The number of carbonyl (C=O) groups is 8. The van der Waals surface area contributed by atoms with E-state index in [4.69, 9.17) is 0 Å². The normalized spacial score (nSPS) is 17.4. The second-order valence-electron chi connectivity index (χ2n) is 19.1. The number of fused-ring (bicyclic) bond motifs is 3. The highest BCUT2D eigenvalue weighted by molar-refractivity contribution is 7.89. The number of hydrogen-bond acceptors (Lipinski definition) is 12. The van der Waals surface area contributed by atoms with Gasteiger partial charge in [-0.2, -0.15) is 0 Å². The number of hydrogen-bond donors (Lipinski definition) is 5. The molecule has 1 aliphatic carbocycles. The number of carbonyl (C=O) groups excluding carboxylic acids is 8. The van der Waals surface area contributed by atoms with Crippen LogP contribution in [0.2, 0.25) is 0 Å². The zero-order valence-electron chi connectivity index (χ0n) is 39.5.